The summed E-state index contributed by atoms with van der Waals surface area (Å²) in [7, 11) is 0. The SMILES string of the molecule is CC1CCc2ccc3c(c2C1=O)CCCC3. The quantitative estimate of drug-likeness (QED) is 0.647. The fraction of sp³-hybridized carbons (Fsp3) is 0.533. The first-order valence-corrected chi connectivity index (χ1v) is 6.45. The molecule has 1 atom stereocenters. The van der Waals surface area contributed by atoms with Crippen molar-refractivity contribution in [1.82, 2.24) is 0 Å². The number of aryl methyl sites for hydroxylation is 2. The normalized spacial score (nSPS) is 23.8. The molecule has 0 radical (unpaired) electrons. The molecule has 3 rings (SSSR count). The Kier molecular flexibility index (Phi) is 2.34. The Bertz CT molecular complexity index is 445. The maximum atomic E-state index is 12.3. The minimum Gasteiger partial charge on any atom is -0.294 e. The Balaban J connectivity index is 2.18. The minimum absolute atomic E-state index is 0.237. The minimum atomic E-state index is 0.237. The molecular weight excluding hydrogens is 196 g/mol. The van der Waals surface area contributed by atoms with E-state index in [-0.39, 0.29) is 5.92 Å². The Morgan fingerprint density at radius 2 is 1.81 bits per heavy atom. The van der Waals surface area contributed by atoms with Crippen molar-refractivity contribution in [1.29, 1.82) is 0 Å². The van der Waals surface area contributed by atoms with E-state index in [1.165, 1.54) is 36.0 Å². The molecule has 0 saturated carbocycles. The van der Waals surface area contributed by atoms with Gasteiger partial charge in [0.05, 0.1) is 0 Å². The van der Waals surface area contributed by atoms with Crippen LogP contribution in [0.15, 0.2) is 12.1 Å². The molecule has 2 aliphatic rings. The van der Waals surface area contributed by atoms with Crippen LogP contribution in [0.1, 0.15) is 53.2 Å². The summed E-state index contributed by atoms with van der Waals surface area (Å²) in [6.07, 6.45) is 6.96. The molecule has 0 fully saturated rings. The van der Waals surface area contributed by atoms with Gasteiger partial charge in [-0.25, -0.2) is 0 Å². The molecule has 0 spiro atoms. The third-order valence-corrected chi connectivity index (χ3v) is 4.16. The average Bonchev–Trinajstić information content (AvgIpc) is 2.33. The van der Waals surface area contributed by atoms with E-state index >= 15 is 0 Å². The number of hydrogen-bond acceptors (Lipinski definition) is 1. The first-order chi connectivity index (χ1) is 7.77. The van der Waals surface area contributed by atoms with Gasteiger partial charge in [0.1, 0.15) is 0 Å². The van der Waals surface area contributed by atoms with Crippen molar-refractivity contribution in [3.05, 3.63) is 34.4 Å². The summed E-state index contributed by atoms with van der Waals surface area (Å²) in [5, 5.41) is 0. The highest BCUT2D eigenvalue weighted by Crippen LogP contribution is 2.33. The highest BCUT2D eigenvalue weighted by molar-refractivity contribution is 6.01. The lowest BCUT2D eigenvalue weighted by Crippen LogP contribution is -2.23. The summed E-state index contributed by atoms with van der Waals surface area (Å²) in [5.41, 5.74) is 5.24. The van der Waals surface area contributed by atoms with Gasteiger partial charge in [-0.05, 0) is 55.2 Å². The number of fused-ring (bicyclic) bond motifs is 3. The van der Waals surface area contributed by atoms with E-state index in [1.54, 1.807) is 0 Å². The van der Waals surface area contributed by atoms with Gasteiger partial charge in [0.25, 0.3) is 0 Å². The monoisotopic (exact) mass is 214 g/mol. The van der Waals surface area contributed by atoms with E-state index in [9.17, 15) is 4.79 Å². The van der Waals surface area contributed by atoms with Crippen LogP contribution in [-0.4, -0.2) is 5.78 Å². The number of hydrogen-bond donors (Lipinski definition) is 0. The molecule has 1 aromatic rings. The first-order valence-electron chi connectivity index (χ1n) is 6.45. The largest absolute Gasteiger partial charge is 0.294 e. The van der Waals surface area contributed by atoms with Crippen LogP contribution in [-0.2, 0) is 19.3 Å². The summed E-state index contributed by atoms with van der Waals surface area (Å²) >= 11 is 0. The Morgan fingerprint density at radius 1 is 1.06 bits per heavy atom. The molecule has 0 aliphatic heterocycles. The number of benzene rings is 1. The zero-order valence-electron chi connectivity index (χ0n) is 9.88. The van der Waals surface area contributed by atoms with Crippen LogP contribution in [0.2, 0.25) is 0 Å². The van der Waals surface area contributed by atoms with E-state index in [0.29, 0.717) is 5.78 Å². The standard InChI is InChI=1S/C15H18O/c1-10-6-7-12-9-8-11-4-2-3-5-13(11)14(12)15(10)16/h8-10H,2-7H2,1H3. The zero-order chi connectivity index (χ0) is 11.1. The van der Waals surface area contributed by atoms with E-state index in [0.717, 1.165) is 24.8 Å². The zero-order valence-corrected chi connectivity index (χ0v) is 9.88. The summed E-state index contributed by atoms with van der Waals surface area (Å²) in [6, 6.07) is 4.46. The second-order valence-electron chi connectivity index (χ2n) is 5.25. The molecule has 0 aromatic heterocycles. The highest BCUT2D eigenvalue weighted by Gasteiger charge is 2.28. The van der Waals surface area contributed by atoms with Crippen molar-refractivity contribution in [3.8, 4) is 0 Å². The second-order valence-corrected chi connectivity index (χ2v) is 5.25. The van der Waals surface area contributed by atoms with Crippen LogP contribution in [0.25, 0.3) is 0 Å². The Hall–Kier alpha value is -1.11. The molecule has 0 heterocycles. The van der Waals surface area contributed by atoms with Gasteiger partial charge in [-0.1, -0.05) is 19.1 Å². The van der Waals surface area contributed by atoms with E-state index < -0.39 is 0 Å². The van der Waals surface area contributed by atoms with Gasteiger partial charge in [0, 0.05) is 11.5 Å². The predicted octanol–water partition coefficient (Wildman–Crippen LogP) is 3.33. The molecule has 16 heavy (non-hydrogen) atoms. The van der Waals surface area contributed by atoms with Gasteiger partial charge >= 0.3 is 0 Å². The fourth-order valence-corrected chi connectivity index (χ4v) is 3.14. The highest BCUT2D eigenvalue weighted by atomic mass is 16.1. The summed E-state index contributed by atoms with van der Waals surface area (Å²) < 4.78 is 0. The van der Waals surface area contributed by atoms with Crippen molar-refractivity contribution in [2.75, 3.05) is 0 Å². The van der Waals surface area contributed by atoms with Gasteiger partial charge < -0.3 is 0 Å². The Labute approximate surface area is 96.9 Å². The fourth-order valence-electron chi connectivity index (χ4n) is 3.14. The smallest absolute Gasteiger partial charge is 0.166 e. The summed E-state index contributed by atoms with van der Waals surface area (Å²) in [6.45, 7) is 2.08. The van der Waals surface area contributed by atoms with Gasteiger partial charge in [-0.3, -0.25) is 4.79 Å². The van der Waals surface area contributed by atoms with E-state index in [1.807, 2.05) is 0 Å². The first kappa shape index (κ1) is 10.1. The van der Waals surface area contributed by atoms with Crippen LogP contribution in [0, 0.1) is 5.92 Å². The topological polar surface area (TPSA) is 17.1 Å². The lowest BCUT2D eigenvalue weighted by atomic mass is 9.77. The van der Waals surface area contributed by atoms with E-state index in [4.69, 9.17) is 0 Å². The predicted molar refractivity (Wildman–Crippen MR) is 64.9 cm³/mol. The van der Waals surface area contributed by atoms with E-state index in [2.05, 4.69) is 19.1 Å². The number of ketones is 1. The maximum Gasteiger partial charge on any atom is 0.166 e. The third kappa shape index (κ3) is 1.41. The van der Waals surface area contributed by atoms with Crippen molar-refractivity contribution in [3.63, 3.8) is 0 Å². The molecule has 1 aromatic carbocycles. The number of Topliss-reactive ketones (excluding diaryl/α,β-unsaturated/α-hetero) is 1. The number of carbonyl (C=O) groups excluding carboxylic acids is 1. The van der Waals surface area contributed by atoms with Crippen molar-refractivity contribution < 1.29 is 4.79 Å². The Morgan fingerprint density at radius 3 is 2.69 bits per heavy atom. The molecule has 1 heteroatoms. The molecule has 0 bridgehead atoms. The van der Waals surface area contributed by atoms with Crippen molar-refractivity contribution in [2.45, 2.75) is 45.4 Å². The van der Waals surface area contributed by atoms with Gasteiger partial charge in [0.15, 0.2) is 5.78 Å². The maximum absolute atomic E-state index is 12.3. The lowest BCUT2D eigenvalue weighted by molar-refractivity contribution is 0.0912. The molecular formula is C15H18O. The lowest BCUT2D eigenvalue weighted by Gasteiger charge is -2.26. The van der Waals surface area contributed by atoms with Gasteiger partial charge in [-0.2, -0.15) is 0 Å². The molecule has 0 amide bonds. The molecule has 84 valence electrons. The van der Waals surface area contributed by atoms with Gasteiger partial charge in [0.2, 0.25) is 0 Å². The molecule has 1 nitrogen and oxygen atoms in total. The second kappa shape index (κ2) is 3.73. The van der Waals surface area contributed by atoms with Crippen LogP contribution in [0.5, 0.6) is 0 Å². The number of rotatable bonds is 0. The van der Waals surface area contributed by atoms with Crippen LogP contribution < -0.4 is 0 Å². The number of carbonyl (C=O) groups is 1. The van der Waals surface area contributed by atoms with Crippen molar-refractivity contribution in [2.24, 2.45) is 5.92 Å². The molecule has 2 aliphatic carbocycles. The summed E-state index contributed by atoms with van der Waals surface area (Å²) in [5.74, 6) is 0.640. The molecule has 0 saturated heterocycles. The average molecular weight is 214 g/mol. The van der Waals surface area contributed by atoms with Gasteiger partial charge in [-0.15, -0.1) is 0 Å². The van der Waals surface area contributed by atoms with Crippen LogP contribution in [0.4, 0.5) is 0 Å². The van der Waals surface area contributed by atoms with Crippen LogP contribution in [0.3, 0.4) is 0 Å². The third-order valence-electron chi connectivity index (χ3n) is 4.16. The van der Waals surface area contributed by atoms with Crippen molar-refractivity contribution >= 4 is 5.78 Å². The van der Waals surface area contributed by atoms with Crippen LogP contribution >= 0.6 is 0 Å². The molecule has 0 N–H and O–H groups in total. The summed E-state index contributed by atoms with van der Waals surface area (Å²) in [4.78, 5) is 12.3. The molecule has 1 unspecified atom stereocenters.